The van der Waals surface area contributed by atoms with Gasteiger partial charge in [0.15, 0.2) is 0 Å². The first-order valence-electron chi connectivity index (χ1n) is 10.1. The summed E-state index contributed by atoms with van der Waals surface area (Å²) >= 11 is 0. The van der Waals surface area contributed by atoms with Crippen molar-refractivity contribution < 1.29 is 4.79 Å². The summed E-state index contributed by atoms with van der Waals surface area (Å²) in [5.41, 5.74) is 2.43. The molecule has 0 saturated carbocycles. The van der Waals surface area contributed by atoms with Crippen LogP contribution in [0.15, 0.2) is 60.8 Å². The Morgan fingerprint density at radius 3 is 2.54 bits per heavy atom. The number of amides is 1. The number of nitrogens with zero attached hydrogens (tertiary/aromatic N) is 2. The fourth-order valence-corrected chi connectivity index (χ4v) is 4.00. The summed E-state index contributed by atoms with van der Waals surface area (Å²) < 4.78 is 0. The minimum absolute atomic E-state index is 0.0585. The van der Waals surface area contributed by atoms with Crippen molar-refractivity contribution in [2.24, 2.45) is 5.92 Å². The van der Waals surface area contributed by atoms with E-state index < -0.39 is 0 Å². The highest BCUT2D eigenvalue weighted by atomic mass is 16.1. The molecule has 0 bridgehead atoms. The van der Waals surface area contributed by atoms with Gasteiger partial charge in [0.25, 0.3) is 0 Å². The van der Waals surface area contributed by atoms with Gasteiger partial charge in [-0.3, -0.25) is 9.69 Å². The number of fused-ring (bicyclic) bond motifs is 1. The van der Waals surface area contributed by atoms with E-state index in [4.69, 9.17) is 0 Å². The van der Waals surface area contributed by atoms with Crippen LogP contribution in [-0.4, -0.2) is 28.9 Å². The highest BCUT2D eigenvalue weighted by Crippen LogP contribution is 2.29. The first-order valence-corrected chi connectivity index (χ1v) is 10.1. The molecule has 2 heterocycles. The Morgan fingerprint density at radius 1 is 1.07 bits per heavy atom. The smallest absolute Gasteiger partial charge is 0.228 e. The molecule has 1 saturated heterocycles. The fourth-order valence-electron chi connectivity index (χ4n) is 4.00. The van der Waals surface area contributed by atoms with Crippen molar-refractivity contribution in [2.45, 2.75) is 32.7 Å². The lowest BCUT2D eigenvalue weighted by Crippen LogP contribution is -2.39. The molecule has 1 aliphatic heterocycles. The Kier molecular flexibility index (Phi) is 5.40. The summed E-state index contributed by atoms with van der Waals surface area (Å²) in [6.07, 6.45) is 3.55. The maximum atomic E-state index is 12.6. The molecular weight excluding hydrogens is 346 g/mol. The van der Waals surface area contributed by atoms with E-state index in [-0.39, 0.29) is 11.8 Å². The predicted octanol–water partition coefficient (Wildman–Crippen LogP) is 4.95. The Morgan fingerprint density at radius 2 is 1.82 bits per heavy atom. The van der Waals surface area contributed by atoms with Crippen LogP contribution in [0.3, 0.4) is 0 Å². The average Bonchev–Trinajstić information content (AvgIpc) is 2.74. The van der Waals surface area contributed by atoms with Crippen molar-refractivity contribution in [1.29, 1.82) is 0 Å². The topological polar surface area (TPSA) is 45.2 Å². The molecule has 28 heavy (non-hydrogen) atoms. The van der Waals surface area contributed by atoms with E-state index in [2.05, 4.69) is 64.6 Å². The molecule has 1 atom stereocenters. The minimum atomic E-state index is 0.0585. The maximum Gasteiger partial charge on any atom is 0.228 e. The van der Waals surface area contributed by atoms with E-state index in [1.165, 1.54) is 16.3 Å². The lowest BCUT2D eigenvalue weighted by atomic mass is 9.93. The SMILES string of the molecule is Cc1ccc(NC(=O)C2CCN(C(C)c3ccc4ccccc4c3)CC2)nc1. The second kappa shape index (κ2) is 8.11. The van der Waals surface area contributed by atoms with E-state index in [1.807, 2.05) is 19.1 Å². The normalized spacial score (nSPS) is 16.8. The quantitative estimate of drug-likeness (QED) is 0.703. The Labute approximate surface area is 166 Å². The molecule has 1 aromatic heterocycles. The van der Waals surface area contributed by atoms with Gasteiger partial charge in [-0.05, 0) is 73.8 Å². The van der Waals surface area contributed by atoms with E-state index >= 15 is 0 Å². The number of likely N-dealkylation sites (tertiary alicyclic amines) is 1. The number of nitrogens with one attached hydrogen (secondary N) is 1. The third-order valence-corrected chi connectivity index (χ3v) is 5.87. The third-order valence-electron chi connectivity index (χ3n) is 5.87. The average molecular weight is 374 g/mol. The van der Waals surface area contributed by atoms with Gasteiger partial charge in [-0.1, -0.05) is 42.5 Å². The number of hydrogen-bond donors (Lipinski definition) is 1. The third kappa shape index (κ3) is 4.07. The number of hydrogen-bond acceptors (Lipinski definition) is 3. The Balaban J connectivity index is 1.36. The summed E-state index contributed by atoms with van der Waals surface area (Å²) in [6.45, 7) is 6.13. The number of aromatic nitrogens is 1. The van der Waals surface area contributed by atoms with Crippen LogP contribution >= 0.6 is 0 Å². The van der Waals surface area contributed by atoms with Gasteiger partial charge >= 0.3 is 0 Å². The molecule has 0 radical (unpaired) electrons. The summed E-state index contributed by atoms with van der Waals surface area (Å²) in [5, 5.41) is 5.53. The van der Waals surface area contributed by atoms with E-state index in [9.17, 15) is 4.79 Å². The predicted molar refractivity (Wildman–Crippen MR) is 114 cm³/mol. The molecule has 3 aromatic rings. The van der Waals surface area contributed by atoms with Gasteiger partial charge in [-0.2, -0.15) is 0 Å². The molecular formula is C24H27N3O. The largest absolute Gasteiger partial charge is 0.310 e. The van der Waals surface area contributed by atoms with Crippen molar-refractivity contribution in [3.05, 3.63) is 71.9 Å². The minimum Gasteiger partial charge on any atom is -0.310 e. The van der Waals surface area contributed by atoms with Crippen LogP contribution < -0.4 is 5.32 Å². The number of aryl methyl sites for hydroxylation is 1. The van der Waals surface area contributed by atoms with Gasteiger partial charge < -0.3 is 5.32 Å². The molecule has 144 valence electrons. The molecule has 1 aliphatic rings. The van der Waals surface area contributed by atoms with Crippen molar-refractivity contribution in [3.63, 3.8) is 0 Å². The van der Waals surface area contributed by atoms with Crippen LogP contribution in [0.25, 0.3) is 10.8 Å². The number of piperidine rings is 1. The van der Waals surface area contributed by atoms with E-state index in [0.29, 0.717) is 11.9 Å². The van der Waals surface area contributed by atoms with Crippen LogP contribution in [-0.2, 0) is 4.79 Å². The fraction of sp³-hybridized carbons (Fsp3) is 0.333. The van der Waals surface area contributed by atoms with Crippen LogP contribution in [0.2, 0.25) is 0 Å². The summed E-state index contributed by atoms with van der Waals surface area (Å²) in [7, 11) is 0. The zero-order chi connectivity index (χ0) is 19.5. The summed E-state index contributed by atoms with van der Waals surface area (Å²) in [4.78, 5) is 19.3. The zero-order valence-corrected chi connectivity index (χ0v) is 16.6. The molecule has 4 heteroatoms. The van der Waals surface area contributed by atoms with Crippen molar-refractivity contribution in [1.82, 2.24) is 9.88 Å². The van der Waals surface area contributed by atoms with Gasteiger partial charge in [0.2, 0.25) is 5.91 Å². The first kappa shape index (κ1) is 18.6. The van der Waals surface area contributed by atoms with Gasteiger partial charge in [-0.25, -0.2) is 4.98 Å². The molecule has 0 spiro atoms. The van der Waals surface area contributed by atoms with Gasteiger partial charge in [0, 0.05) is 18.2 Å². The number of benzene rings is 2. The molecule has 1 unspecified atom stereocenters. The van der Waals surface area contributed by atoms with E-state index in [1.54, 1.807) is 6.20 Å². The van der Waals surface area contributed by atoms with Gasteiger partial charge in [-0.15, -0.1) is 0 Å². The number of carbonyl (C=O) groups is 1. The second-order valence-corrected chi connectivity index (χ2v) is 7.80. The molecule has 1 amide bonds. The van der Waals surface area contributed by atoms with Crippen LogP contribution in [0.4, 0.5) is 5.82 Å². The molecule has 4 rings (SSSR count). The highest BCUT2D eigenvalue weighted by Gasteiger charge is 2.28. The number of pyridine rings is 1. The van der Waals surface area contributed by atoms with Crippen LogP contribution in [0.1, 0.15) is 36.9 Å². The first-order chi connectivity index (χ1) is 13.6. The zero-order valence-electron chi connectivity index (χ0n) is 16.6. The maximum absolute atomic E-state index is 12.6. The number of anilines is 1. The van der Waals surface area contributed by atoms with Crippen molar-refractivity contribution >= 4 is 22.5 Å². The standard InChI is InChI=1S/C24H27N3O/c1-17-7-10-23(25-16-17)26-24(28)20-11-13-27(14-12-20)18(2)21-9-8-19-5-3-4-6-22(19)15-21/h3-10,15-16,18,20H,11-14H2,1-2H3,(H,25,26,28). The second-order valence-electron chi connectivity index (χ2n) is 7.80. The van der Waals surface area contributed by atoms with Crippen molar-refractivity contribution in [2.75, 3.05) is 18.4 Å². The molecule has 4 nitrogen and oxygen atoms in total. The number of rotatable bonds is 4. The highest BCUT2D eigenvalue weighted by molar-refractivity contribution is 5.91. The Hall–Kier alpha value is -2.72. The Bertz CT molecular complexity index is 959. The molecule has 1 N–H and O–H groups in total. The lowest BCUT2D eigenvalue weighted by molar-refractivity contribution is -0.121. The van der Waals surface area contributed by atoms with Crippen LogP contribution in [0, 0.1) is 12.8 Å². The van der Waals surface area contributed by atoms with Crippen LogP contribution in [0.5, 0.6) is 0 Å². The van der Waals surface area contributed by atoms with Gasteiger partial charge in [0.1, 0.15) is 5.82 Å². The van der Waals surface area contributed by atoms with Crippen molar-refractivity contribution in [3.8, 4) is 0 Å². The monoisotopic (exact) mass is 373 g/mol. The lowest BCUT2D eigenvalue weighted by Gasteiger charge is -2.35. The van der Waals surface area contributed by atoms with E-state index in [0.717, 1.165) is 31.5 Å². The summed E-state index contributed by atoms with van der Waals surface area (Å²) in [6, 6.07) is 19.4. The summed E-state index contributed by atoms with van der Waals surface area (Å²) in [5.74, 6) is 0.792. The molecule has 1 fully saturated rings. The number of carbonyl (C=O) groups excluding carboxylic acids is 1. The molecule has 0 aliphatic carbocycles. The van der Waals surface area contributed by atoms with Gasteiger partial charge in [0.05, 0.1) is 0 Å². The molecule has 2 aromatic carbocycles.